The van der Waals surface area contributed by atoms with Crippen LogP contribution >= 0.6 is 22.7 Å². The molecule has 38 heavy (non-hydrogen) atoms. The van der Waals surface area contributed by atoms with E-state index in [4.69, 9.17) is 9.47 Å². The molecule has 0 aliphatic carbocycles. The summed E-state index contributed by atoms with van der Waals surface area (Å²) in [5.41, 5.74) is 0.744. The van der Waals surface area contributed by atoms with Crippen molar-refractivity contribution < 1.29 is 34.1 Å². The van der Waals surface area contributed by atoms with Gasteiger partial charge in [-0.25, -0.2) is 9.78 Å². The number of thiazole rings is 1. The third-order valence-corrected chi connectivity index (χ3v) is 7.85. The summed E-state index contributed by atoms with van der Waals surface area (Å²) in [7, 11) is 0. The molecule has 0 spiro atoms. The van der Waals surface area contributed by atoms with Crippen LogP contribution in [0.4, 0.5) is 5.13 Å². The number of rotatable bonds is 8. The van der Waals surface area contributed by atoms with Crippen LogP contribution in [0.5, 0.6) is 11.5 Å². The van der Waals surface area contributed by atoms with E-state index in [0.717, 1.165) is 11.3 Å². The molecule has 0 saturated carbocycles. The first kappa shape index (κ1) is 25.4. The maximum absolute atomic E-state index is 13.4. The summed E-state index contributed by atoms with van der Waals surface area (Å²) >= 11 is 2.43. The molecule has 2 aromatic heterocycles. The molecule has 5 rings (SSSR count). The van der Waals surface area contributed by atoms with E-state index in [1.807, 2.05) is 12.3 Å². The first-order valence-electron chi connectivity index (χ1n) is 11.7. The fourth-order valence-electron chi connectivity index (χ4n) is 4.27. The third-order valence-electron chi connectivity index (χ3n) is 5.91. The number of nitrogens with zero attached hydrogens (tertiary/aromatic N) is 2. The van der Waals surface area contributed by atoms with Gasteiger partial charge in [0.1, 0.15) is 23.3 Å². The quantitative estimate of drug-likeness (QED) is 0.168. The van der Waals surface area contributed by atoms with Gasteiger partial charge in [-0.3, -0.25) is 14.5 Å². The average molecular weight is 551 g/mol. The molecule has 1 aliphatic rings. The Kier molecular flexibility index (Phi) is 6.87. The van der Waals surface area contributed by atoms with E-state index in [1.54, 1.807) is 43.3 Å². The van der Waals surface area contributed by atoms with Crippen LogP contribution in [0.2, 0.25) is 0 Å². The molecular weight excluding hydrogens is 528 g/mol. The number of hydrogen-bond donors (Lipinski definition) is 2. The summed E-state index contributed by atoms with van der Waals surface area (Å²) in [6.45, 7) is 4.39. The molecule has 1 aliphatic heterocycles. The zero-order chi connectivity index (χ0) is 27.0. The van der Waals surface area contributed by atoms with Crippen molar-refractivity contribution in [2.24, 2.45) is 0 Å². The lowest BCUT2D eigenvalue weighted by Gasteiger charge is -2.21. The highest BCUT2D eigenvalue weighted by Crippen LogP contribution is 2.46. The Balaban J connectivity index is 1.68. The molecule has 3 heterocycles. The van der Waals surface area contributed by atoms with Gasteiger partial charge in [0.15, 0.2) is 5.13 Å². The van der Waals surface area contributed by atoms with Crippen LogP contribution < -0.4 is 14.4 Å². The molecule has 4 aromatic rings. The molecule has 2 aromatic carbocycles. The van der Waals surface area contributed by atoms with Crippen molar-refractivity contribution in [2.75, 3.05) is 18.1 Å². The van der Waals surface area contributed by atoms with Crippen molar-refractivity contribution >= 4 is 61.4 Å². The van der Waals surface area contributed by atoms with Gasteiger partial charge in [0.2, 0.25) is 0 Å². The molecular formula is C27H22N2O7S2. The summed E-state index contributed by atoms with van der Waals surface area (Å²) in [6.07, 6.45) is 0. The number of ketones is 1. The van der Waals surface area contributed by atoms with Gasteiger partial charge in [0, 0.05) is 10.9 Å². The zero-order valence-electron chi connectivity index (χ0n) is 20.3. The molecule has 2 N–H and O–H groups in total. The number of fused-ring (bicyclic) bond motifs is 1. The zero-order valence-corrected chi connectivity index (χ0v) is 22.0. The molecule has 1 amide bonds. The van der Waals surface area contributed by atoms with Gasteiger partial charge in [-0.15, -0.1) is 11.3 Å². The van der Waals surface area contributed by atoms with Crippen LogP contribution in [-0.2, 0) is 9.59 Å². The van der Waals surface area contributed by atoms with Crippen molar-refractivity contribution in [2.45, 2.75) is 19.9 Å². The fourth-order valence-corrected chi connectivity index (χ4v) is 6.12. The SMILES string of the molecule is CCOc1ccc(/C(O)=C2\C(=O)C(=O)N(c3nc4ccc(C(=O)O)cc4s3)C2c2cccs2)c(OCC)c1. The maximum atomic E-state index is 13.4. The van der Waals surface area contributed by atoms with Gasteiger partial charge in [-0.05, 0) is 55.6 Å². The van der Waals surface area contributed by atoms with Gasteiger partial charge in [0.25, 0.3) is 5.78 Å². The number of Topliss-reactive ketones (excluding diaryl/α,β-unsaturated/α-hetero) is 1. The molecule has 1 atom stereocenters. The highest BCUT2D eigenvalue weighted by Gasteiger charge is 2.49. The molecule has 1 fully saturated rings. The summed E-state index contributed by atoms with van der Waals surface area (Å²) in [5.74, 6) is -2.30. The molecule has 0 radical (unpaired) electrons. The number of thiophene rings is 1. The Bertz CT molecular complexity index is 1590. The van der Waals surface area contributed by atoms with Crippen molar-refractivity contribution in [3.05, 3.63) is 75.5 Å². The normalized spacial score (nSPS) is 16.8. The Hall–Kier alpha value is -4.22. The van der Waals surface area contributed by atoms with E-state index < -0.39 is 23.7 Å². The Morgan fingerprint density at radius 3 is 2.53 bits per heavy atom. The van der Waals surface area contributed by atoms with E-state index >= 15 is 0 Å². The monoisotopic (exact) mass is 550 g/mol. The number of benzene rings is 2. The van der Waals surface area contributed by atoms with E-state index in [2.05, 4.69) is 4.98 Å². The first-order valence-corrected chi connectivity index (χ1v) is 13.4. The van der Waals surface area contributed by atoms with Gasteiger partial charge >= 0.3 is 11.9 Å². The van der Waals surface area contributed by atoms with Gasteiger partial charge in [-0.1, -0.05) is 17.4 Å². The first-order chi connectivity index (χ1) is 18.3. The highest BCUT2D eigenvalue weighted by molar-refractivity contribution is 7.22. The van der Waals surface area contributed by atoms with Crippen molar-refractivity contribution in [3.8, 4) is 11.5 Å². The topological polar surface area (TPSA) is 126 Å². The number of carbonyl (C=O) groups excluding carboxylic acids is 2. The maximum Gasteiger partial charge on any atom is 0.335 e. The molecule has 11 heteroatoms. The number of aromatic carboxylic acids is 1. The number of amides is 1. The summed E-state index contributed by atoms with van der Waals surface area (Å²) in [6, 6.07) is 12.0. The second kappa shape index (κ2) is 10.3. The smallest absolute Gasteiger partial charge is 0.335 e. The minimum absolute atomic E-state index is 0.0866. The van der Waals surface area contributed by atoms with Gasteiger partial charge < -0.3 is 19.7 Å². The number of hydrogen-bond acceptors (Lipinski definition) is 9. The summed E-state index contributed by atoms with van der Waals surface area (Å²) in [4.78, 5) is 44.7. The number of anilines is 1. The predicted molar refractivity (Wildman–Crippen MR) is 144 cm³/mol. The van der Waals surface area contributed by atoms with Crippen molar-refractivity contribution in [1.82, 2.24) is 4.98 Å². The number of aromatic nitrogens is 1. The minimum Gasteiger partial charge on any atom is -0.507 e. The second-order valence-corrected chi connectivity index (χ2v) is 10.2. The number of carboxylic acid groups (broad SMARTS) is 1. The predicted octanol–water partition coefficient (Wildman–Crippen LogP) is 5.48. The van der Waals surface area contributed by atoms with E-state index in [1.165, 1.54) is 28.4 Å². The lowest BCUT2D eigenvalue weighted by Crippen LogP contribution is -2.28. The fraction of sp³-hybridized carbons (Fsp3) is 0.185. The van der Waals surface area contributed by atoms with Crippen molar-refractivity contribution in [3.63, 3.8) is 0 Å². The lowest BCUT2D eigenvalue weighted by molar-refractivity contribution is -0.132. The molecule has 1 saturated heterocycles. The standard InChI is InChI=1S/C27H22N2O7S2/c1-3-35-15-8-9-16(18(13-15)36-4-2)23(30)21-22(19-6-5-11-37-19)29(25(32)24(21)31)27-28-17-10-7-14(26(33)34)12-20(17)38-27/h5-13,22,30H,3-4H2,1-2H3,(H,33,34)/b23-21+. The molecule has 1 unspecified atom stereocenters. The Labute approximate surface area is 225 Å². The second-order valence-electron chi connectivity index (χ2n) is 8.19. The average Bonchev–Trinajstić information content (AvgIpc) is 3.62. The summed E-state index contributed by atoms with van der Waals surface area (Å²) < 4.78 is 11.8. The van der Waals surface area contributed by atoms with Crippen LogP contribution in [0, 0.1) is 0 Å². The highest BCUT2D eigenvalue weighted by atomic mass is 32.1. The van der Waals surface area contributed by atoms with Crippen LogP contribution in [0.3, 0.4) is 0 Å². The summed E-state index contributed by atoms with van der Waals surface area (Å²) in [5, 5.41) is 22.9. The van der Waals surface area contributed by atoms with Gasteiger partial charge in [-0.2, -0.15) is 0 Å². The number of ether oxygens (including phenoxy) is 2. The number of carboxylic acids is 1. The van der Waals surface area contributed by atoms with Crippen LogP contribution in [0.1, 0.15) is 40.7 Å². The Morgan fingerprint density at radius 1 is 1.05 bits per heavy atom. The van der Waals surface area contributed by atoms with Crippen LogP contribution in [0.25, 0.3) is 16.0 Å². The van der Waals surface area contributed by atoms with Crippen LogP contribution in [0.15, 0.2) is 59.5 Å². The van der Waals surface area contributed by atoms with Crippen LogP contribution in [-0.4, -0.2) is 46.1 Å². The number of aliphatic hydroxyl groups excluding tert-OH is 1. The molecule has 0 bridgehead atoms. The van der Waals surface area contributed by atoms with Crippen molar-refractivity contribution in [1.29, 1.82) is 0 Å². The molecule has 194 valence electrons. The van der Waals surface area contributed by atoms with E-state index in [9.17, 15) is 24.6 Å². The minimum atomic E-state index is -1.08. The molecule has 9 nitrogen and oxygen atoms in total. The van der Waals surface area contributed by atoms with E-state index in [0.29, 0.717) is 39.8 Å². The van der Waals surface area contributed by atoms with Gasteiger partial charge in [0.05, 0.1) is 40.1 Å². The Morgan fingerprint density at radius 2 is 1.84 bits per heavy atom. The largest absolute Gasteiger partial charge is 0.507 e. The third kappa shape index (κ3) is 4.39. The van der Waals surface area contributed by atoms with E-state index in [-0.39, 0.29) is 27.6 Å². The number of carbonyl (C=O) groups is 3. The lowest BCUT2D eigenvalue weighted by atomic mass is 9.99. The number of aliphatic hydroxyl groups is 1.